The normalized spacial score (nSPS) is 12.1. The Morgan fingerprint density at radius 1 is 0.297 bits per heavy atom. The number of fused-ring (bicyclic) bond motifs is 13. The Bertz CT molecular complexity index is 4250. The lowest BCUT2D eigenvalue weighted by atomic mass is 9.94. The number of rotatable bonds is 4. The van der Waals surface area contributed by atoms with Crippen LogP contribution in [-0.4, -0.2) is 19.1 Å². The first kappa shape index (κ1) is 35.0. The number of nitrogens with zero attached hydrogens (tertiary/aromatic N) is 4. The van der Waals surface area contributed by atoms with Gasteiger partial charge in [0.15, 0.2) is 5.82 Å². The van der Waals surface area contributed by atoms with E-state index in [9.17, 15) is 0 Å². The zero-order valence-electron chi connectivity index (χ0n) is 34.6. The molecule has 0 saturated carbocycles. The molecular formula is C60H36N4. The van der Waals surface area contributed by atoms with Crippen LogP contribution in [0.1, 0.15) is 0 Å². The van der Waals surface area contributed by atoms with Gasteiger partial charge in [0.2, 0.25) is 0 Å². The topological polar surface area (TPSA) is 35.6 Å². The van der Waals surface area contributed by atoms with Gasteiger partial charge in [-0.15, -0.1) is 0 Å². The van der Waals surface area contributed by atoms with Gasteiger partial charge in [0.1, 0.15) is 0 Å². The lowest BCUT2D eigenvalue weighted by molar-refractivity contribution is 1.16. The summed E-state index contributed by atoms with van der Waals surface area (Å²) in [6, 6.07) is 79.2. The van der Waals surface area contributed by atoms with Gasteiger partial charge >= 0.3 is 0 Å². The zero-order valence-corrected chi connectivity index (χ0v) is 34.6. The highest BCUT2D eigenvalue weighted by atomic mass is 15.0. The van der Waals surface area contributed by atoms with Crippen molar-refractivity contribution in [1.29, 1.82) is 0 Å². The number of para-hydroxylation sites is 2. The molecule has 0 fully saturated rings. The summed E-state index contributed by atoms with van der Waals surface area (Å²) >= 11 is 0. The van der Waals surface area contributed by atoms with E-state index in [0.29, 0.717) is 5.82 Å². The minimum Gasteiger partial charge on any atom is -0.309 e. The second kappa shape index (κ2) is 13.4. The first-order valence-electron chi connectivity index (χ1n) is 21.9. The predicted molar refractivity (Wildman–Crippen MR) is 269 cm³/mol. The third-order valence-electron chi connectivity index (χ3n) is 13.4. The number of aromatic nitrogens is 4. The van der Waals surface area contributed by atoms with Crippen molar-refractivity contribution in [1.82, 2.24) is 19.1 Å². The van der Waals surface area contributed by atoms with E-state index in [1.165, 1.54) is 81.2 Å². The second-order valence-corrected chi connectivity index (χ2v) is 16.9. The highest BCUT2D eigenvalue weighted by Gasteiger charge is 2.20. The van der Waals surface area contributed by atoms with Crippen LogP contribution in [-0.2, 0) is 0 Å². The van der Waals surface area contributed by atoms with Crippen molar-refractivity contribution in [2.75, 3.05) is 0 Å². The fraction of sp³-hybridized carbons (Fsp3) is 0. The summed E-state index contributed by atoms with van der Waals surface area (Å²) in [4.78, 5) is 10.6. The monoisotopic (exact) mass is 812 g/mol. The molecule has 14 aromatic rings. The lowest BCUT2D eigenvalue weighted by Crippen LogP contribution is -1.98. The highest BCUT2D eigenvalue weighted by molar-refractivity contribution is 6.20. The summed E-state index contributed by atoms with van der Waals surface area (Å²) in [6.45, 7) is 0. The Morgan fingerprint density at radius 3 is 1.72 bits per heavy atom. The van der Waals surface area contributed by atoms with Gasteiger partial charge in [0.25, 0.3) is 0 Å². The van der Waals surface area contributed by atoms with Crippen LogP contribution in [0, 0.1) is 0 Å². The van der Waals surface area contributed by atoms with Gasteiger partial charge in [-0.1, -0.05) is 152 Å². The van der Waals surface area contributed by atoms with Crippen LogP contribution >= 0.6 is 0 Å². The van der Waals surface area contributed by atoms with Gasteiger partial charge < -0.3 is 9.13 Å². The summed E-state index contributed by atoms with van der Waals surface area (Å²) in [6.07, 6.45) is 0. The summed E-state index contributed by atoms with van der Waals surface area (Å²) in [5, 5.41) is 15.7. The van der Waals surface area contributed by atoms with Gasteiger partial charge in [-0.05, 0) is 104 Å². The molecule has 4 heteroatoms. The van der Waals surface area contributed by atoms with Gasteiger partial charge in [0.05, 0.1) is 33.3 Å². The second-order valence-electron chi connectivity index (χ2n) is 16.9. The average Bonchev–Trinajstić information content (AvgIpc) is 3.87. The number of benzene rings is 11. The van der Waals surface area contributed by atoms with E-state index >= 15 is 0 Å². The molecule has 0 saturated heterocycles. The smallest absolute Gasteiger partial charge is 0.160 e. The molecule has 0 atom stereocenters. The Hall–Kier alpha value is -8.60. The average molecular weight is 813 g/mol. The zero-order chi connectivity index (χ0) is 41.9. The maximum Gasteiger partial charge on any atom is 0.160 e. The Labute approximate surface area is 367 Å². The largest absolute Gasteiger partial charge is 0.309 e. The van der Waals surface area contributed by atoms with Gasteiger partial charge in [0, 0.05) is 54.8 Å². The Morgan fingerprint density at radius 2 is 0.891 bits per heavy atom. The van der Waals surface area contributed by atoms with Crippen LogP contribution in [0.3, 0.4) is 0 Å². The summed E-state index contributed by atoms with van der Waals surface area (Å²) in [5.74, 6) is 0.701. The van der Waals surface area contributed by atoms with E-state index < -0.39 is 0 Å². The predicted octanol–water partition coefficient (Wildman–Crippen LogP) is 15.8. The molecule has 0 unspecified atom stereocenters. The molecule has 296 valence electrons. The van der Waals surface area contributed by atoms with Crippen LogP contribution in [0.4, 0.5) is 0 Å². The highest BCUT2D eigenvalue weighted by Crippen LogP contribution is 2.42. The number of hydrogen-bond acceptors (Lipinski definition) is 2. The summed E-state index contributed by atoms with van der Waals surface area (Å²) < 4.78 is 4.89. The van der Waals surface area contributed by atoms with Gasteiger partial charge in [-0.2, -0.15) is 0 Å². The van der Waals surface area contributed by atoms with E-state index in [2.05, 4.69) is 228 Å². The maximum absolute atomic E-state index is 5.42. The van der Waals surface area contributed by atoms with E-state index in [-0.39, 0.29) is 0 Å². The third kappa shape index (κ3) is 5.11. The van der Waals surface area contributed by atoms with Crippen molar-refractivity contribution in [2.24, 2.45) is 0 Å². The van der Waals surface area contributed by atoms with Crippen molar-refractivity contribution < 1.29 is 0 Å². The lowest BCUT2D eigenvalue weighted by Gasteiger charge is -2.14. The van der Waals surface area contributed by atoms with Crippen molar-refractivity contribution in [3.8, 4) is 34.0 Å². The van der Waals surface area contributed by atoms with E-state index in [1.807, 2.05) is 0 Å². The number of hydrogen-bond donors (Lipinski definition) is 0. The van der Waals surface area contributed by atoms with Crippen LogP contribution in [0.5, 0.6) is 0 Å². The fourth-order valence-electron chi connectivity index (χ4n) is 10.5. The minimum atomic E-state index is 0.701. The molecule has 14 rings (SSSR count). The quantitative estimate of drug-likeness (QED) is 0.166. The molecule has 0 radical (unpaired) electrons. The minimum absolute atomic E-state index is 0.701. The molecule has 4 nitrogen and oxygen atoms in total. The van der Waals surface area contributed by atoms with Crippen LogP contribution in [0.2, 0.25) is 0 Å². The first-order valence-corrected chi connectivity index (χ1v) is 21.9. The molecule has 0 aliphatic rings. The molecule has 3 heterocycles. The maximum atomic E-state index is 5.42. The Kier molecular flexibility index (Phi) is 7.36. The molecular weight excluding hydrogens is 777 g/mol. The summed E-state index contributed by atoms with van der Waals surface area (Å²) in [7, 11) is 0. The van der Waals surface area contributed by atoms with Crippen molar-refractivity contribution >= 4 is 97.6 Å². The van der Waals surface area contributed by atoms with E-state index in [0.717, 1.165) is 44.6 Å². The van der Waals surface area contributed by atoms with Crippen LogP contribution in [0.15, 0.2) is 218 Å². The standard InChI is InChI=1S/C60H36N4/c1-2-15-40-35-56-52(33-39(40)14-1)49-32-30-43(64-55-24-12-10-21-48(55)50-31-27-37-13-3-6-18-45(37)59(50)64)36-57(49)63(56)42-28-25-38(26-29-42)60-61-54-23-11-9-22-51(54)58(62-60)53-34-41-16-4-5-17-44(41)46-19-7-8-20-47(46)53/h1-36H. The Balaban J connectivity index is 0.982. The van der Waals surface area contributed by atoms with E-state index in [1.54, 1.807) is 0 Å². The molecule has 0 spiro atoms. The van der Waals surface area contributed by atoms with Crippen LogP contribution < -0.4 is 0 Å². The van der Waals surface area contributed by atoms with Gasteiger partial charge in [-0.3, -0.25) is 0 Å². The van der Waals surface area contributed by atoms with Crippen LogP contribution in [0.25, 0.3) is 132 Å². The van der Waals surface area contributed by atoms with Crippen molar-refractivity contribution in [2.45, 2.75) is 0 Å². The molecule has 11 aromatic carbocycles. The molecule has 3 aromatic heterocycles. The molecule has 0 amide bonds. The van der Waals surface area contributed by atoms with Gasteiger partial charge in [-0.25, -0.2) is 9.97 Å². The van der Waals surface area contributed by atoms with E-state index in [4.69, 9.17) is 9.97 Å². The fourth-order valence-corrected chi connectivity index (χ4v) is 10.5. The third-order valence-corrected chi connectivity index (χ3v) is 13.4. The van der Waals surface area contributed by atoms with Crippen molar-refractivity contribution in [3.63, 3.8) is 0 Å². The molecule has 0 aliphatic heterocycles. The summed E-state index contributed by atoms with van der Waals surface area (Å²) in [5.41, 5.74) is 10.9. The first-order chi connectivity index (χ1) is 31.7. The molecule has 0 bridgehead atoms. The molecule has 0 aliphatic carbocycles. The SMILES string of the molecule is c1ccc2cc3c(cc2c1)c1ccc(-n2c4ccccc4c4ccc5ccccc5c42)cc1n3-c1ccc(-c2nc(-c3cc4ccccc4c4ccccc34)c3ccccc3n2)cc1. The molecule has 0 N–H and O–H groups in total. The van der Waals surface area contributed by atoms with Crippen molar-refractivity contribution in [3.05, 3.63) is 218 Å². The molecule has 64 heavy (non-hydrogen) atoms.